The highest BCUT2D eigenvalue weighted by atomic mass is 16.2. The first-order valence-electron chi connectivity index (χ1n) is 9.53. The highest BCUT2D eigenvalue weighted by Gasteiger charge is 2.26. The van der Waals surface area contributed by atoms with Crippen molar-refractivity contribution in [3.05, 3.63) is 54.6 Å². The summed E-state index contributed by atoms with van der Waals surface area (Å²) in [6, 6.07) is 15.9. The van der Waals surface area contributed by atoms with Gasteiger partial charge < -0.3 is 16.0 Å². The number of carbonyl (C=O) groups is 3. The van der Waals surface area contributed by atoms with Crippen molar-refractivity contribution in [2.24, 2.45) is 5.10 Å². The van der Waals surface area contributed by atoms with Crippen LogP contribution in [0.15, 0.2) is 59.7 Å². The van der Waals surface area contributed by atoms with Crippen LogP contribution in [0, 0.1) is 0 Å². The summed E-state index contributed by atoms with van der Waals surface area (Å²) in [6.45, 7) is 0. The number of urea groups is 1. The van der Waals surface area contributed by atoms with Gasteiger partial charge in [0.05, 0.1) is 5.69 Å². The standard InChI is InChI=1S/C21H21N5O3/c27-19-13-12-18(25-26(19)17-4-2-1-3-5-17)20(28)22-14-6-8-15(9-7-14)23-21(29)24-16-10-11-16/h1-9,16H,10-13H2,(H,22,28)(H2,23,24,29). The highest BCUT2D eigenvalue weighted by molar-refractivity contribution is 6.44. The number of hydrogen-bond acceptors (Lipinski definition) is 4. The molecule has 0 aromatic heterocycles. The van der Waals surface area contributed by atoms with Crippen LogP contribution in [0.2, 0.25) is 0 Å². The van der Waals surface area contributed by atoms with Gasteiger partial charge >= 0.3 is 6.03 Å². The predicted molar refractivity (Wildman–Crippen MR) is 111 cm³/mol. The molecule has 8 heteroatoms. The number of anilines is 3. The van der Waals surface area contributed by atoms with Crippen molar-refractivity contribution in [2.45, 2.75) is 31.7 Å². The largest absolute Gasteiger partial charge is 0.335 e. The smallest absolute Gasteiger partial charge is 0.319 e. The lowest BCUT2D eigenvalue weighted by Crippen LogP contribution is -2.36. The summed E-state index contributed by atoms with van der Waals surface area (Å²) in [4.78, 5) is 36.5. The molecule has 0 bridgehead atoms. The van der Waals surface area contributed by atoms with E-state index in [1.807, 2.05) is 18.2 Å². The first-order chi connectivity index (χ1) is 14.1. The summed E-state index contributed by atoms with van der Waals surface area (Å²) in [6.07, 6.45) is 2.56. The SMILES string of the molecule is O=C(Nc1ccc(NC(=O)C2=NN(c3ccccc3)C(=O)CC2)cc1)NC1CC1. The van der Waals surface area contributed by atoms with E-state index in [4.69, 9.17) is 0 Å². The minimum absolute atomic E-state index is 0.146. The second kappa shape index (κ2) is 8.14. The molecule has 1 saturated carbocycles. The van der Waals surface area contributed by atoms with E-state index >= 15 is 0 Å². The Morgan fingerprint density at radius 1 is 0.897 bits per heavy atom. The molecule has 0 spiro atoms. The Labute approximate surface area is 168 Å². The van der Waals surface area contributed by atoms with Crippen LogP contribution in [0.1, 0.15) is 25.7 Å². The lowest BCUT2D eigenvalue weighted by atomic mass is 10.1. The summed E-state index contributed by atoms with van der Waals surface area (Å²) in [5.41, 5.74) is 2.13. The number of hydrogen-bond donors (Lipinski definition) is 3. The Morgan fingerprint density at radius 3 is 2.21 bits per heavy atom. The number of para-hydroxylation sites is 1. The van der Waals surface area contributed by atoms with Gasteiger partial charge in [-0.15, -0.1) is 0 Å². The Hall–Kier alpha value is -3.68. The van der Waals surface area contributed by atoms with Crippen molar-refractivity contribution in [3.8, 4) is 0 Å². The molecule has 0 atom stereocenters. The van der Waals surface area contributed by atoms with Gasteiger partial charge in [-0.1, -0.05) is 18.2 Å². The average molecular weight is 391 g/mol. The van der Waals surface area contributed by atoms with E-state index in [0.29, 0.717) is 22.8 Å². The number of benzene rings is 2. The molecule has 0 radical (unpaired) electrons. The number of nitrogens with zero attached hydrogens (tertiary/aromatic N) is 2. The van der Waals surface area contributed by atoms with Gasteiger partial charge in [0.1, 0.15) is 5.71 Å². The maximum atomic E-state index is 12.6. The van der Waals surface area contributed by atoms with Crippen LogP contribution in [-0.2, 0) is 9.59 Å². The predicted octanol–water partition coefficient (Wildman–Crippen LogP) is 3.09. The van der Waals surface area contributed by atoms with Crippen LogP contribution < -0.4 is 21.0 Å². The van der Waals surface area contributed by atoms with Gasteiger partial charge in [0.2, 0.25) is 5.91 Å². The molecule has 8 nitrogen and oxygen atoms in total. The molecule has 148 valence electrons. The zero-order valence-electron chi connectivity index (χ0n) is 15.7. The lowest BCUT2D eigenvalue weighted by molar-refractivity contribution is -0.118. The van der Waals surface area contributed by atoms with E-state index in [-0.39, 0.29) is 36.7 Å². The van der Waals surface area contributed by atoms with Gasteiger partial charge in [0.25, 0.3) is 5.91 Å². The van der Waals surface area contributed by atoms with E-state index in [0.717, 1.165) is 12.8 Å². The minimum atomic E-state index is -0.356. The molecular weight excluding hydrogens is 370 g/mol. The molecule has 4 amide bonds. The molecule has 2 aliphatic rings. The number of nitrogens with one attached hydrogen (secondary N) is 3. The molecule has 3 N–H and O–H groups in total. The Kier molecular flexibility index (Phi) is 5.24. The first kappa shape index (κ1) is 18.7. The summed E-state index contributed by atoms with van der Waals surface area (Å²) in [7, 11) is 0. The number of carbonyl (C=O) groups excluding carboxylic acids is 3. The third-order valence-corrected chi connectivity index (χ3v) is 4.61. The second-order valence-electron chi connectivity index (χ2n) is 6.99. The quantitative estimate of drug-likeness (QED) is 0.730. The molecule has 4 rings (SSSR count). The zero-order valence-corrected chi connectivity index (χ0v) is 15.7. The fourth-order valence-corrected chi connectivity index (χ4v) is 2.91. The highest BCUT2D eigenvalue weighted by Crippen LogP contribution is 2.21. The van der Waals surface area contributed by atoms with Crippen molar-refractivity contribution in [1.29, 1.82) is 0 Å². The Morgan fingerprint density at radius 2 is 1.55 bits per heavy atom. The maximum absolute atomic E-state index is 12.6. The van der Waals surface area contributed by atoms with E-state index in [2.05, 4.69) is 21.1 Å². The average Bonchev–Trinajstić information content (AvgIpc) is 3.54. The van der Waals surface area contributed by atoms with E-state index in [1.165, 1.54) is 5.01 Å². The molecule has 0 unspecified atom stereocenters. The van der Waals surface area contributed by atoms with Gasteiger partial charge in [-0.05, 0) is 49.2 Å². The van der Waals surface area contributed by atoms with Gasteiger partial charge in [-0.3, -0.25) is 9.59 Å². The van der Waals surface area contributed by atoms with Crippen LogP contribution in [0.4, 0.5) is 21.9 Å². The maximum Gasteiger partial charge on any atom is 0.319 e. The topological polar surface area (TPSA) is 103 Å². The van der Waals surface area contributed by atoms with Crippen LogP contribution >= 0.6 is 0 Å². The molecular formula is C21H21N5O3. The van der Waals surface area contributed by atoms with Gasteiger partial charge in [0, 0.05) is 30.3 Å². The van der Waals surface area contributed by atoms with E-state index in [9.17, 15) is 14.4 Å². The van der Waals surface area contributed by atoms with Crippen LogP contribution in [-0.4, -0.2) is 29.6 Å². The molecule has 0 saturated heterocycles. The molecule has 29 heavy (non-hydrogen) atoms. The summed E-state index contributed by atoms with van der Waals surface area (Å²) >= 11 is 0. The number of amides is 4. The summed E-state index contributed by atoms with van der Waals surface area (Å²) in [5, 5.41) is 13.9. The number of hydrazone groups is 1. The molecule has 1 heterocycles. The summed E-state index contributed by atoms with van der Waals surface area (Å²) in [5.74, 6) is -0.502. The normalized spacial score (nSPS) is 16.1. The first-order valence-corrected chi connectivity index (χ1v) is 9.53. The molecule has 1 aliphatic carbocycles. The molecule has 1 aliphatic heterocycles. The summed E-state index contributed by atoms with van der Waals surface area (Å²) < 4.78 is 0. The Balaban J connectivity index is 1.39. The van der Waals surface area contributed by atoms with Gasteiger partial charge in [0.15, 0.2) is 0 Å². The second-order valence-corrected chi connectivity index (χ2v) is 6.99. The fourth-order valence-electron chi connectivity index (χ4n) is 2.91. The van der Waals surface area contributed by atoms with Crippen molar-refractivity contribution < 1.29 is 14.4 Å². The molecule has 1 fully saturated rings. The van der Waals surface area contributed by atoms with Crippen molar-refractivity contribution in [3.63, 3.8) is 0 Å². The monoisotopic (exact) mass is 391 g/mol. The molecule has 2 aromatic rings. The Bertz CT molecular complexity index is 952. The number of rotatable bonds is 5. The van der Waals surface area contributed by atoms with Gasteiger partial charge in [-0.2, -0.15) is 5.10 Å². The van der Waals surface area contributed by atoms with Crippen LogP contribution in [0.25, 0.3) is 0 Å². The van der Waals surface area contributed by atoms with E-state index in [1.54, 1.807) is 36.4 Å². The van der Waals surface area contributed by atoms with Crippen molar-refractivity contribution in [1.82, 2.24) is 5.32 Å². The van der Waals surface area contributed by atoms with Crippen molar-refractivity contribution >= 4 is 40.6 Å². The third kappa shape index (κ3) is 4.78. The van der Waals surface area contributed by atoms with Crippen LogP contribution in [0.3, 0.4) is 0 Å². The lowest BCUT2D eigenvalue weighted by Gasteiger charge is -2.23. The van der Waals surface area contributed by atoms with Crippen LogP contribution in [0.5, 0.6) is 0 Å². The minimum Gasteiger partial charge on any atom is -0.335 e. The zero-order chi connectivity index (χ0) is 20.2. The van der Waals surface area contributed by atoms with E-state index < -0.39 is 0 Å². The molecule has 2 aromatic carbocycles. The fraction of sp³-hybridized carbons (Fsp3) is 0.238. The third-order valence-electron chi connectivity index (χ3n) is 4.61. The van der Waals surface area contributed by atoms with Gasteiger partial charge in [-0.25, -0.2) is 9.80 Å². The van der Waals surface area contributed by atoms with Crippen molar-refractivity contribution in [2.75, 3.05) is 15.6 Å².